The van der Waals surface area contributed by atoms with Gasteiger partial charge in [0.05, 0.1) is 21.6 Å². The van der Waals surface area contributed by atoms with Gasteiger partial charge in [0.15, 0.2) is 0 Å². The minimum absolute atomic E-state index is 0.471. The standard InChI is InChI=1S/C15H15BrClN5/c1-9-18-3-2-14(20-9)21-7-11-5-12(8-21)22(11)15-13(16)4-10(17)6-19-15/h2-4,6,11-12H,5,7-8H2,1H3. The van der Waals surface area contributed by atoms with Crippen LogP contribution in [0, 0.1) is 6.92 Å². The number of hydrogen-bond donors (Lipinski definition) is 0. The van der Waals surface area contributed by atoms with Crippen molar-refractivity contribution in [3.05, 3.63) is 39.8 Å². The minimum Gasteiger partial charge on any atom is -0.352 e. The number of hydrogen-bond acceptors (Lipinski definition) is 5. The van der Waals surface area contributed by atoms with E-state index in [-0.39, 0.29) is 0 Å². The van der Waals surface area contributed by atoms with Crippen molar-refractivity contribution < 1.29 is 0 Å². The highest BCUT2D eigenvalue weighted by molar-refractivity contribution is 9.10. The number of piperidine rings is 1. The lowest BCUT2D eigenvalue weighted by Gasteiger charge is -2.57. The minimum atomic E-state index is 0.471. The summed E-state index contributed by atoms with van der Waals surface area (Å²) in [5.74, 6) is 2.82. The fourth-order valence-electron chi connectivity index (χ4n) is 3.36. The van der Waals surface area contributed by atoms with Crippen LogP contribution in [0.2, 0.25) is 5.02 Å². The molecule has 3 aliphatic heterocycles. The van der Waals surface area contributed by atoms with Crippen molar-refractivity contribution >= 4 is 39.2 Å². The third kappa shape index (κ3) is 2.34. The van der Waals surface area contributed by atoms with Crippen molar-refractivity contribution in [3.63, 3.8) is 0 Å². The van der Waals surface area contributed by atoms with Gasteiger partial charge in [-0.05, 0) is 41.4 Å². The molecule has 0 N–H and O–H groups in total. The Kier molecular flexibility index (Phi) is 3.46. The molecule has 2 aromatic rings. The van der Waals surface area contributed by atoms with Crippen LogP contribution in [0.5, 0.6) is 0 Å². The van der Waals surface area contributed by atoms with Crippen molar-refractivity contribution in [3.8, 4) is 0 Å². The summed E-state index contributed by atoms with van der Waals surface area (Å²) in [6, 6.07) is 4.83. The highest BCUT2D eigenvalue weighted by Gasteiger charge is 2.46. The van der Waals surface area contributed by atoms with Gasteiger partial charge in [-0.3, -0.25) is 0 Å². The lowest BCUT2D eigenvalue weighted by atomic mass is 9.87. The zero-order valence-electron chi connectivity index (χ0n) is 12.1. The van der Waals surface area contributed by atoms with Crippen molar-refractivity contribution in [2.24, 2.45) is 0 Å². The van der Waals surface area contributed by atoms with Gasteiger partial charge in [-0.25, -0.2) is 15.0 Å². The van der Waals surface area contributed by atoms with Crippen LogP contribution < -0.4 is 9.80 Å². The van der Waals surface area contributed by atoms with Gasteiger partial charge in [0, 0.05) is 25.5 Å². The van der Waals surface area contributed by atoms with Crippen LogP contribution in [0.25, 0.3) is 0 Å². The molecule has 0 saturated carbocycles. The average Bonchev–Trinajstić information content (AvgIpc) is 2.50. The molecule has 0 amide bonds. The van der Waals surface area contributed by atoms with E-state index in [2.05, 4.69) is 40.7 Å². The quantitative estimate of drug-likeness (QED) is 0.801. The number of nitrogens with zero attached hydrogens (tertiary/aromatic N) is 5. The fourth-order valence-corrected chi connectivity index (χ4v) is 4.20. The van der Waals surface area contributed by atoms with Gasteiger partial charge in [0.25, 0.3) is 0 Å². The van der Waals surface area contributed by atoms with Crippen LogP contribution in [0.4, 0.5) is 11.6 Å². The zero-order chi connectivity index (χ0) is 15.3. The molecule has 0 radical (unpaired) electrons. The SMILES string of the molecule is Cc1nccc(N2CC3CC(C2)N3c2ncc(Cl)cc2Br)n1. The first kappa shape index (κ1) is 14.2. The number of rotatable bonds is 2. The molecule has 3 fully saturated rings. The molecule has 3 aliphatic rings. The Balaban J connectivity index is 1.55. The number of anilines is 2. The smallest absolute Gasteiger partial charge is 0.143 e. The van der Waals surface area contributed by atoms with Crippen LogP contribution >= 0.6 is 27.5 Å². The second-order valence-corrected chi connectivity index (χ2v) is 7.07. The summed E-state index contributed by atoms with van der Waals surface area (Å²) in [6.45, 7) is 3.85. The highest BCUT2D eigenvalue weighted by Crippen LogP contribution is 2.40. The van der Waals surface area contributed by atoms with Gasteiger partial charge >= 0.3 is 0 Å². The van der Waals surface area contributed by atoms with E-state index in [1.807, 2.05) is 25.3 Å². The molecule has 0 aliphatic carbocycles. The van der Waals surface area contributed by atoms with E-state index in [0.29, 0.717) is 17.1 Å². The van der Waals surface area contributed by atoms with Crippen molar-refractivity contribution in [2.75, 3.05) is 22.9 Å². The molecule has 5 nitrogen and oxygen atoms in total. The maximum atomic E-state index is 5.99. The number of halogens is 2. The van der Waals surface area contributed by atoms with Gasteiger partial charge in [0.1, 0.15) is 17.5 Å². The van der Waals surface area contributed by atoms with Crippen LogP contribution in [0.1, 0.15) is 12.2 Å². The first-order valence-electron chi connectivity index (χ1n) is 7.26. The fraction of sp³-hybridized carbons (Fsp3) is 0.400. The monoisotopic (exact) mass is 379 g/mol. The van der Waals surface area contributed by atoms with Gasteiger partial charge in [-0.15, -0.1) is 0 Å². The number of pyridine rings is 1. The Labute approximate surface area is 142 Å². The van der Waals surface area contributed by atoms with Crippen LogP contribution in [-0.4, -0.2) is 40.1 Å². The first-order valence-corrected chi connectivity index (χ1v) is 8.43. The van der Waals surface area contributed by atoms with E-state index in [1.54, 1.807) is 6.20 Å². The first-order chi connectivity index (χ1) is 10.6. The molecule has 0 aromatic carbocycles. The lowest BCUT2D eigenvalue weighted by Crippen LogP contribution is -2.69. The Morgan fingerprint density at radius 2 is 2.05 bits per heavy atom. The van der Waals surface area contributed by atoms with E-state index in [9.17, 15) is 0 Å². The summed E-state index contributed by atoms with van der Waals surface area (Å²) < 4.78 is 0.959. The highest BCUT2D eigenvalue weighted by atomic mass is 79.9. The average molecular weight is 381 g/mol. The van der Waals surface area contributed by atoms with Gasteiger partial charge in [-0.2, -0.15) is 0 Å². The van der Waals surface area contributed by atoms with Crippen molar-refractivity contribution in [2.45, 2.75) is 25.4 Å². The molecule has 3 saturated heterocycles. The topological polar surface area (TPSA) is 45.2 Å². The van der Waals surface area contributed by atoms with Crippen molar-refractivity contribution in [1.29, 1.82) is 0 Å². The predicted molar refractivity (Wildman–Crippen MR) is 90.6 cm³/mol. The molecule has 2 unspecified atom stereocenters. The van der Waals surface area contributed by atoms with E-state index >= 15 is 0 Å². The largest absolute Gasteiger partial charge is 0.352 e. The van der Waals surface area contributed by atoms with Gasteiger partial charge in [0.2, 0.25) is 0 Å². The third-order valence-electron chi connectivity index (χ3n) is 4.31. The van der Waals surface area contributed by atoms with E-state index in [0.717, 1.165) is 35.0 Å². The maximum Gasteiger partial charge on any atom is 0.143 e. The third-order valence-corrected chi connectivity index (χ3v) is 5.10. The molecule has 2 aromatic heterocycles. The van der Waals surface area contributed by atoms with Gasteiger partial charge < -0.3 is 9.80 Å². The molecular formula is C15H15BrClN5. The van der Waals surface area contributed by atoms with E-state index in [4.69, 9.17) is 11.6 Å². The predicted octanol–water partition coefficient (Wildman–Crippen LogP) is 3.06. The van der Waals surface area contributed by atoms with Crippen molar-refractivity contribution in [1.82, 2.24) is 15.0 Å². The molecule has 2 atom stereocenters. The molecule has 114 valence electrons. The Morgan fingerprint density at radius 3 is 2.73 bits per heavy atom. The summed E-state index contributed by atoms with van der Waals surface area (Å²) in [5.41, 5.74) is 0. The van der Waals surface area contributed by atoms with E-state index < -0.39 is 0 Å². The second kappa shape index (κ2) is 5.35. The molecule has 7 heteroatoms. The summed E-state index contributed by atoms with van der Waals surface area (Å²) >= 11 is 9.57. The van der Waals surface area contributed by atoms with Crippen LogP contribution in [0.15, 0.2) is 29.0 Å². The summed E-state index contributed by atoms with van der Waals surface area (Å²) in [7, 11) is 0. The number of piperazine rings is 1. The van der Waals surface area contributed by atoms with Gasteiger partial charge in [-0.1, -0.05) is 11.6 Å². The van der Waals surface area contributed by atoms with Crippen LogP contribution in [0.3, 0.4) is 0 Å². The Bertz CT molecular complexity index is 713. The number of aryl methyl sites for hydroxylation is 1. The Hall–Kier alpha value is -1.40. The normalized spacial score (nSPS) is 23.4. The number of fused-ring (bicyclic) bond motifs is 2. The Morgan fingerprint density at radius 1 is 1.27 bits per heavy atom. The summed E-state index contributed by atoms with van der Waals surface area (Å²) in [6.07, 6.45) is 4.74. The van der Waals surface area contributed by atoms with Crippen LogP contribution in [-0.2, 0) is 0 Å². The molecule has 5 rings (SSSR count). The second-order valence-electron chi connectivity index (χ2n) is 5.78. The maximum absolute atomic E-state index is 5.99. The summed E-state index contributed by atoms with van der Waals surface area (Å²) in [4.78, 5) is 17.9. The molecule has 0 spiro atoms. The molecular weight excluding hydrogens is 366 g/mol. The molecule has 2 bridgehead atoms. The molecule has 5 heterocycles. The number of aromatic nitrogens is 3. The van der Waals surface area contributed by atoms with E-state index in [1.165, 1.54) is 6.42 Å². The summed E-state index contributed by atoms with van der Waals surface area (Å²) in [5, 5.41) is 0.652. The zero-order valence-corrected chi connectivity index (χ0v) is 14.4. The molecule has 22 heavy (non-hydrogen) atoms. The lowest BCUT2D eigenvalue weighted by molar-refractivity contribution is 0.287.